The summed E-state index contributed by atoms with van der Waals surface area (Å²) < 4.78 is 24.2. The largest absolute Gasteiger partial charge is 0.497 e. The third-order valence-electron chi connectivity index (χ3n) is 7.05. The molecule has 2 saturated heterocycles. The molecule has 1 aromatic heterocycles. The highest BCUT2D eigenvalue weighted by Crippen LogP contribution is 2.35. The van der Waals surface area contributed by atoms with E-state index in [-0.39, 0.29) is 12.1 Å². The molecule has 0 aliphatic carbocycles. The molecule has 0 unspecified atom stereocenters. The van der Waals surface area contributed by atoms with Crippen LogP contribution in [0.5, 0.6) is 17.2 Å². The van der Waals surface area contributed by atoms with E-state index in [1.807, 2.05) is 28.9 Å². The Morgan fingerprint density at radius 2 is 1.72 bits per heavy atom. The van der Waals surface area contributed by atoms with E-state index in [4.69, 9.17) is 18.9 Å². The molecule has 2 fully saturated rings. The van der Waals surface area contributed by atoms with Crippen molar-refractivity contribution in [2.24, 2.45) is 0 Å². The molecule has 0 amide bonds. The van der Waals surface area contributed by atoms with Crippen molar-refractivity contribution in [3.63, 3.8) is 0 Å². The second kappa shape index (κ2) is 11.1. The number of hydrogen-bond acceptors (Lipinski definition) is 9. The van der Waals surface area contributed by atoms with Crippen LogP contribution in [0.2, 0.25) is 0 Å². The van der Waals surface area contributed by atoms with Gasteiger partial charge in [0.25, 0.3) is 0 Å². The van der Waals surface area contributed by atoms with Gasteiger partial charge in [0.2, 0.25) is 0 Å². The van der Waals surface area contributed by atoms with Gasteiger partial charge >= 0.3 is 0 Å². The molecule has 0 N–H and O–H groups in total. The van der Waals surface area contributed by atoms with Gasteiger partial charge in [-0.05, 0) is 65.2 Å². The summed E-state index contributed by atoms with van der Waals surface area (Å²) in [7, 11) is 5.00. The Labute approximate surface area is 211 Å². The number of nitrogens with zero attached hydrogens (tertiary/aromatic N) is 6. The van der Waals surface area contributed by atoms with Gasteiger partial charge in [0.05, 0.1) is 40.0 Å². The lowest BCUT2D eigenvalue weighted by Crippen LogP contribution is -2.48. The highest BCUT2D eigenvalue weighted by atomic mass is 16.5. The molecule has 0 bridgehead atoms. The van der Waals surface area contributed by atoms with Crippen LogP contribution in [0.3, 0.4) is 0 Å². The van der Waals surface area contributed by atoms with E-state index in [1.165, 1.54) is 5.69 Å². The zero-order valence-corrected chi connectivity index (χ0v) is 21.2. The number of aromatic nitrogens is 4. The number of tetrazole rings is 1. The third kappa shape index (κ3) is 5.10. The Morgan fingerprint density at radius 1 is 0.944 bits per heavy atom. The van der Waals surface area contributed by atoms with E-state index in [9.17, 15) is 0 Å². The summed E-state index contributed by atoms with van der Waals surface area (Å²) in [5.41, 5.74) is 2.26. The number of piperazine rings is 1. The van der Waals surface area contributed by atoms with Crippen molar-refractivity contribution in [2.75, 3.05) is 59.0 Å². The summed E-state index contributed by atoms with van der Waals surface area (Å²) in [5, 5.41) is 12.9. The molecule has 2 aliphatic heterocycles. The molecule has 5 rings (SSSR count). The maximum atomic E-state index is 5.88. The number of benzene rings is 2. The first-order valence-corrected chi connectivity index (χ1v) is 12.4. The summed E-state index contributed by atoms with van der Waals surface area (Å²) in [6, 6.07) is 14.2. The average molecular weight is 495 g/mol. The highest BCUT2D eigenvalue weighted by molar-refractivity contribution is 5.50. The normalized spacial score (nSPS) is 19.3. The van der Waals surface area contributed by atoms with Gasteiger partial charge in [0.1, 0.15) is 5.75 Å². The van der Waals surface area contributed by atoms with E-state index < -0.39 is 0 Å². The van der Waals surface area contributed by atoms with Crippen molar-refractivity contribution in [3.05, 3.63) is 53.9 Å². The Kier molecular flexibility index (Phi) is 7.52. The van der Waals surface area contributed by atoms with Gasteiger partial charge in [0, 0.05) is 38.5 Å². The van der Waals surface area contributed by atoms with E-state index in [0.717, 1.165) is 62.8 Å². The standard InChI is InChI=1S/C26H34N6O4/c1-33-21-9-7-20(8-10-21)30-12-14-31(15-13-30)25(19-6-11-23(34-2)24(17-19)35-3)26-27-28-29-32(26)18-22-5-4-16-36-22/h6-11,17,22,25H,4-5,12-16,18H2,1-3H3/t22-,25+/m0/s1. The average Bonchev–Trinajstić information content (AvgIpc) is 3.62. The van der Waals surface area contributed by atoms with Crippen molar-refractivity contribution in [3.8, 4) is 17.2 Å². The predicted molar refractivity (Wildman–Crippen MR) is 135 cm³/mol. The molecule has 0 spiro atoms. The highest BCUT2D eigenvalue weighted by Gasteiger charge is 2.32. The Bertz CT molecular complexity index is 1120. The molecule has 192 valence electrons. The number of ether oxygens (including phenoxy) is 4. The van der Waals surface area contributed by atoms with E-state index in [1.54, 1.807) is 21.3 Å². The first kappa shape index (κ1) is 24.3. The minimum Gasteiger partial charge on any atom is -0.497 e. The van der Waals surface area contributed by atoms with Crippen LogP contribution in [-0.2, 0) is 11.3 Å². The van der Waals surface area contributed by atoms with Gasteiger partial charge in [-0.2, -0.15) is 0 Å². The SMILES string of the molecule is COc1ccc(N2CCN([C@H](c3ccc(OC)c(OC)c3)c3nnnn3C[C@@H]3CCCO3)CC2)cc1. The molecular formula is C26H34N6O4. The molecule has 10 heteroatoms. The van der Waals surface area contributed by atoms with Crippen LogP contribution in [-0.4, -0.2) is 85.3 Å². The van der Waals surface area contributed by atoms with Crippen LogP contribution in [0.15, 0.2) is 42.5 Å². The molecule has 10 nitrogen and oxygen atoms in total. The summed E-state index contributed by atoms with van der Waals surface area (Å²) in [6.45, 7) is 4.95. The second-order valence-electron chi connectivity index (χ2n) is 9.09. The molecular weight excluding hydrogens is 460 g/mol. The van der Waals surface area contributed by atoms with Crippen LogP contribution < -0.4 is 19.1 Å². The number of hydrogen-bond donors (Lipinski definition) is 0. The summed E-state index contributed by atoms with van der Waals surface area (Å²) in [6.07, 6.45) is 2.25. The van der Waals surface area contributed by atoms with E-state index in [2.05, 4.69) is 43.5 Å². The smallest absolute Gasteiger partial charge is 0.173 e. The van der Waals surface area contributed by atoms with Crippen LogP contribution in [0.4, 0.5) is 5.69 Å². The van der Waals surface area contributed by atoms with Gasteiger partial charge in [-0.3, -0.25) is 4.90 Å². The molecule has 3 aromatic rings. The van der Waals surface area contributed by atoms with Crippen LogP contribution >= 0.6 is 0 Å². The third-order valence-corrected chi connectivity index (χ3v) is 7.05. The minimum absolute atomic E-state index is 0.126. The fourth-order valence-corrected chi connectivity index (χ4v) is 5.10. The summed E-state index contributed by atoms with van der Waals surface area (Å²) in [4.78, 5) is 4.84. The fraction of sp³-hybridized carbons (Fsp3) is 0.500. The predicted octanol–water partition coefficient (Wildman–Crippen LogP) is 2.79. The monoisotopic (exact) mass is 494 g/mol. The van der Waals surface area contributed by atoms with Crippen LogP contribution in [0, 0.1) is 0 Å². The molecule has 3 heterocycles. The first-order chi connectivity index (χ1) is 17.7. The van der Waals surface area contributed by atoms with Gasteiger partial charge < -0.3 is 23.8 Å². The first-order valence-electron chi connectivity index (χ1n) is 12.4. The summed E-state index contributed by atoms with van der Waals surface area (Å²) in [5.74, 6) is 3.07. The Hall–Kier alpha value is -3.37. The zero-order chi connectivity index (χ0) is 24.9. The lowest BCUT2D eigenvalue weighted by Gasteiger charge is -2.40. The number of methoxy groups -OCH3 is 3. The fourth-order valence-electron chi connectivity index (χ4n) is 5.10. The van der Waals surface area contributed by atoms with E-state index in [0.29, 0.717) is 18.0 Å². The maximum absolute atomic E-state index is 5.88. The van der Waals surface area contributed by atoms with Crippen LogP contribution in [0.1, 0.15) is 30.3 Å². The zero-order valence-electron chi connectivity index (χ0n) is 21.2. The summed E-state index contributed by atoms with van der Waals surface area (Å²) >= 11 is 0. The molecule has 2 aliphatic rings. The molecule has 2 aromatic carbocycles. The topological polar surface area (TPSA) is 87.0 Å². The molecule has 36 heavy (non-hydrogen) atoms. The lowest BCUT2D eigenvalue weighted by molar-refractivity contribution is 0.0906. The van der Waals surface area contributed by atoms with Gasteiger partial charge in [0.15, 0.2) is 17.3 Å². The van der Waals surface area contributed by atoms with Crippen molar-refractivity contribution in [1.29, 1.82) is 0 Å². The Balaban J connectivity index is 1.42. The van der Waals surface area contributed by atoms with Crippen molar-refractivity contribution in [2.45, 2.75) is 31.5 Å². The number of rotatable bonds is 9. The maximum Gasteiger partial charge on any atom is 0.173 e. The van der Waals surface area contributed by atoms with Crippen molar-refractivity contribution in [1.82, 2.24) is 25.1 Å². The quantitative estimate of drug-likeness (QED) is 0.446. The van der Waals surface area contributed by atoms with Gasteiger partial charge in [-0.15, -0.1) is 5.10 Å². The molecule has 0 radical (unpaired) electrons. The second-order valence-corrected chi connectivity index (χ2v) is 9.09. The molecule has 2 atom stereocenters. The lowest BCUT2D eigenvalue weighted by atomic mass is 10.0. The number of anilines is 1. The van der Waals surface area contributed by atoms with Gasteiger partial charge in [-0.1, -0.05) is 6.07 Å². The van der Waals surface area contributed by atoms with Gasteiger partial charge in [-0.25, -0.2) is 4.68 Å². The molecule has 0 saturated carbocycles. The van der Waals surface area contributed by atoms with Crippen molar-refractivity contribution < 1.29 is 18.9 Å². The van der Waals surface area contributed by atoms with Crippen LogP contribution in [0.25, 0.3) is 0 Å². The minimum atomic E-state index is -0.126. The van der Waals surface area contributed by atoms with E-state index >= 15 is 0 Å². The van der Waals surface area contributed by atoms with Crippen molar-refractivity contribution >= 4 is 5.69 Å². The Morgan fingerprint density at radius 3 is 2.39 bits per heavy atom.